The highest BCUT2D eigenvalue weighted by atomic mass is 32.1. The first-order valence-electron chi connectivity index (χ1n) is 4.76. The van der Waals surface area contributed by atoms with Crippen LogP contribution in [-0.2, 0) is 4.74 Å². The van der Waals surface area contributed by atoms with E-state index in [4.69, 9.17) is 4.74 Å². The fourth-order valence-electron chi connectivity index (χ4n) is 1.73. The molecule has 0 aromatic heterocycles. The third kappa shape index (κ3) is 3.33. The van der Waals surface area contributed by atoms with E-state index in [1.54, 1.807) is 7.11 Å². The quantitative estimate of drug-likeness (QED) is 0.520. The van der Waals surface area contributed by atoms with Crippen molar-refractivity contribution in [2.75, 3.05) is 12.9 Å². The van der Waals surface area contributed by atoms with Gasteiger partial charge in [-0.25, -0.2) is 0 Å². The number of ether oxygens (including phenoxy) is 1. The fraction of sp³-hybridized carbons (Fsp3) is 1.00. The van der Waals surface area contributed by atoms with Crippen molar-refractivity contribution in [3.63, 3.8) is 0 Å². The second-order valence-corrected chi connectivity index (χ2v) is 3.77. The molecule has 0 bridgehead atoms. The molecule has 1 N–H and O–H groups in total. The van der Waals surface area contributed by atoms with Crippen LogP contribution in [0.15, 0.2) is 0 Å². The highest BCUT2D eigenvalue weighted by Crippen LogP contribution is 2.17. The van der Waals surface area contributed by atoms with Crippen LogP contribution in [-0.4, -0.2) is 25.1 Å². The van der Waals surface area contributed by atoms with Crippen molar-refractivity contribution in [2.45, 2.75) is 44.4 Å². The van der Waals surface area contributed by atoms with Crippen LogP contribution in [0.25, 0.3) is 0 Å². The summed E-state index contributed by atoms with van der Waals surface area (Å²) in [6.45, 7) is 0. The van der Waals surface area contributed by atoms with Crippen LogP contribution in [0.2, 0.25) is 0 Å². The number of hydrogen-bond donors (Lipinski definition) is 2. The molecule has 0 saturated heterocycles. The van der Waals surface area contributed by atoms with Gasteiger partial charge in [0.1, 0.15) is 6.23 Å². The van der Waals surface area contributed by atoms with E-state index in [0.717, 1.165) is 5.75 Å². The van der Waals surface area contributed by atoms with E-state index < -0.39 is 0 Å². The molecule has 1 aliphatic rings. The summed E-state index contributed by atoms with van der Waals surface area (Å²) in [4.78, 5) is 0. The zero-order valence-electron chi connectivity index (χ0n) is 7.75. The molecule has 1 rings (SSSR count). The molecule has 1 atom stereocenters. The predicted molar refractivity (Wildman–Crippen MR) is 54.7 cm³/mol. The molecule has 2 nitrogen and oxygen atoms in total. The number of thiol groups is 1. The first-order chi connectivity index (χ1) is 5.86. The van der Waals surface area contributed by atoms with Crippen LogP contribution in [0.1, 0.15) is 32.1 Å². The minimum absolute atomic E-state index is 0.136. The first-order valence-corrected chi connectivity index (χ1v) is 5.39. The first kappa shape index (κ1) is 10.4. The van der Waals surface area contributed by atoms with Crippen molar-refractivity contribution in [3.05, 3.63) is 0 Å². The molecule has 0 aliphatic heterocycles. The van der Waals surface area contributed by atoms with Gasteiger partial charge in [-0.15, -0.1) is 0 Å². The van der Waals surface area contributed by atoms with E-state index in [-0.39, 0.29) is 6.23 Å². The molecule has 0 heterocycles. The Morgan fingerprint density at radius 3 is 2.58 bits per heavy atom. The maximum atomic E-state index is 5.21. The monoisotopic (exact) mass is 189 g/mol. The van der Waals surface area contributed by atoms with E-state index in [9.17, 15) is 0 Å². The lowest BCUT2D eigenvalue weighted by molar-refractivity contribution is 0.0766. The summed E-state index contributed by atoms with van der Waals surface area (Å²) >= 11 is 4.21. The normalized spacial score (nSPS) is 22.5. The molecule has 1 saturated carbocycles. The Balaban J connectivity index is 2.18. The molecule has 0 aromatic rings. The lowest BCUT2D eigenvalue weighted by Crippen LogP contribution is -2.41. The van der Waals surface area contributed by atoms with Crippen LogP contribution in [0, 0.1) is 0 Å². The third-order valence-electron chi connectivity index (χ3n) is 2.48. The maximum Gasteiger partial charge on any atom is 0.116 e. The standard InChI is InChI=1S/C9H19NOS/c1-11-9(7-12)10-8-5-3-2-4-6-8/h8-10,12H,2-7H2,1H3. The van der Waals surface area contributed by atoms with Gasteiger partial charge >= 0.3 is 0 Å². The molecule has 0 amide bonds. The Bertz CT molecular complexity index is 111. The maximum absolute atomic E-state index is 5.21. The van der Waals surface area contributed by atoms with Gasteiger partial charge < -0.3 is 4.74 Å². The van der Waals surface area contributed by atoms with Gasteiger partial charge in [0.2, 0.25) is 0 Å². The van der Waals surface area contributed by atoms with Crippen LogP contribution < -0.4 is 5.32 Å². The van der Waals surface area contributed by atoms with E-state index in [1.165, 1.54) is 32.1 Å². The Kier molecular flexibility index (Phi) is 5.04. The van der Waals surface area contributed by atoms with Crippen molar-refractivity contribution < 1.29 is 4.74 Å². The van der Waals surface area contributed by atoms with Crippen LogP contribution in [0.5, 0.6) is 0 Å². The van der Waals surface area contributed by atoms with Crippen LogP contribution >= 0.6 is 12.6 Å². The predicted octanol–water partition coefficient (Wildman–Crippen LogP) is 1.81. The molecule has 0 spiro atoms. The van der Waals surface area contributed by atoms with Crippen LogP contribution in [0.3, 0.4) is 0 Å². The second-order valence-electron chi connectivity index (χ2n) is 3.41. The molecule has 1 unspecified atom stereocenters. The van der Waals surface area contributed by atoms with Crippen molar-refractivity contribution in [1.29, 1.82) is 0 Å². The summed E-state index contributed by atoms with van der Waals surface area (Å²) in [6.07, 6.45) is 6.86. The van der Waals surface area contributed by atoms with Gasteiger partial charge in [0.05, 0.1) is 0 Å². The van der Waals surface area contributed by atoms with Crippen molar-refractivity contribution in [1.82, 2.24) is 5.32 Å². The summed E-state index contributed by atoms with van der Waals surface area (Å²) in [6, 6.07) is 0.663. The van der Waals surface area contributed by atoms with E-state index in [2.05, 4.69) is 17.9 Å². The number of nitrogens with one attached hydrogen (secondary N) is 1. The van der Waals surface area contributed by atoms with Gasteiger partial charge in [-0.05, 0) is 12.8 Å². The Hall–Kier alpha value is 0.270. The lowest BCUT2D eigenvalue weighted by Gasteiger charge is -2.26. The SMILES string of the molecule is COC(CS)NC1CCCCC1. The largest absolute Gasteiger partial charge is 0.366 e. The number of hydrogen-bond acceptors (Lipinski definition) is 3. The van der Waals surface area contributed by atoms with Crippen molar-refractivity contribution in [3.8, 4) is 0 Å². The molecule has 1 fully saturated rings. The number of methoxy groups -OCH3 is 1. The molecule has 72 valence electrons. The highest BCUT2D eigenvalue weighted by Gasteiger charge is 2.16. The second kappa shape index (κ2) is 5.84. The highest BCUT2D eigenvalue weighted by molar-refractivity contribution is 7.80. The average molecular weight is 189 g/mol. The Morgan fingerprint density at radius 2 is 2.08 bits per heavy atom. The smallest absolute Gasteiger partial charge is 0.116 e. The summed E-state index contributed by atoms with van der Waals surface area (Å²) < 4.78 is 5.21. The van der Waals surface area contributed by atoms with Crippen molar-refractivity contribution >= 4 is 12.6 Å². The zero-order chi connectivity index (χ0) is 8.81. The minimum atomic E-state index is 0.136. The summed E-state index contributed by atoms with van der Waals surface area (Å²) in [5, 5.41) is 3.46. The molecule has 0 radical (unpaired) electrons. The number of rotatable bonds is 4. The molecule has 3 heteroatoms. The molecule has 12 heavy (non-hydrogen) atoms. The summed E-state index contributed by atoms with van der Waals surface area (Å²) in [5.74, 6) is 0.757. The van der Waals surface area contributed by atoms with Gasteiger partial charge in [0.15, 0.2) is 0 Å². The minimum Gasteiger partial charge on any atom is -0.366 e. The van der Waals surface area contributed by atoms with Gasteiger partial charge in [-0.3, -0.25) is 5.32 Å². The Labute approximate surface area is 80.5 Å². The summed E-state index contributed by atoms with van der Waals surface area (Å²) in [7, 11) is 1.73. The van der Waals surface area contributed by atoms with E-state index >= 15 is 0 Å². The lowest BCUT2D eigenvalue weighted by atomic mass is 9.95. The van der Waals surface area contributed by atoms with Crippen LogP contribution in [0.4, 0.5) is 0 Å². The molecular formula is C9H19NOS. The third-order valence-corrected chi connectivity index (χ3v) is 2.81. The van der Waals surface area contributed by atoms with E-state index in [1.807, 2.05) is 0 Å². The Morgan fingerprint density at radius 1 is 1.42 bits per heavy atom. The molecular weight excluding hydrogens is 170 g/mol. The van der Waals surface area contributed by atoms with Gasteiger partial charge in [-0.2, -0.15) is 12.6 Å². The van der Waals surface area contributed by atoms with Gasteiger partial charge in [0.25, 0.3) is 0 Å². The fourth-order valence-corrected chi connectivity index (χ4v) is 1.98. The van der Waals surface area contributed by atoms with Crippen molar-refractivity contribution in [2.24, 2.45) is 0 Å². The topological polar surface area (TPSA) is 21.3 Å². The zero-order valence-corrected chi connectivity index (χ0v) is 8.65. The van der Waals surface area contributed by atoms with E-state index in [0.29, 0.717) is 6.04 Å². The average Bonchev–Trinajstić information content (AvgIpc) is 2.16. The summed E-state index contributed by atoms with van der Waals surface area (Å²) in [5.41, 5.74) is 0. The van der Waals surface area contributed by atoms with Gasteiger partial charge in [0, 0.05) is 18.9 Å². The molecule has 0 aromatic carbocycles. The van der Waals surface area contributed by atoms with Gasteiger partial charge in [-0.1, -0.05) is 19.3 Å². The molecule has 1 aliphatic carbocycles.